The van der Waals surface area contributed by atoms with Gasteiger partial charge in [-0.3, -0.25) is 0 Å². The Balaban J connectivity index is 3.05. The van der Waals surface area contributed by atoms with Gasteiger partial charge >= 0.3 is 0 Å². The highest BCUT2D eigenvalue weighted by Gasteiger charge is 2.18. The number of nitrogens with two attached hydrogens (primary N) is 1. The Bertz CT molecular complexity index is 386. The molecular weight excluding hydrogens is 239 g/mol. The second kappa shape index (κ2) is 7.49. The van der Waals surface area contributed by atoms with E-state index in [9.17, 15) is 4.39 Å². The maximum absolute atomic E-state index is 13.9. The van der Waals surface area contributed by atoms with Crippen molar-refractivity contribution in [2.45, 2.75) is 53.1 Å². The Kier molecular flexibility index (Phi) is 6.29. The van der Waals surface area contributed by atoms with Gasteiger partial charge in [0.2, 0.25) is 0 Å². The average Bonchev–Trinajstić information content (AvgIpc) is 2.38. The SMILES string of the molecule is CCC(CC)N(CC(C)C)c1ccc(CN)c(F)c1. The largest absolute Gasteiger partial charge is 0.368 e. The molecule has 0 aliphatic heterocycles. The maximum atomic E-state index is 13.9. The summed E-state index contributed by atoms with van der Waals surface area (Å²) < 4.78 is 13.9. The molecule has 0 amide bonds. The first-order chi connectivity index (χ1) is 9.03. The second-order valence-electron chi connectivity index (χ2n) is 5.50. The molecule has 0 spiro atoms. The molecular formula is C16H27FN2. The summed E-state index contributed by atoms with van der Waals surface area (Å²) in [5, 5.41) is 0. The Morgan fingerprint density at radius 3 is 2.26 bits per heavy atom. The van der Waals surface area contributed by atoms with Crippen LogP contribution in [0.3, 0.4) is 0 Å². The van der Waals surface area contributed by atoms with Crippen molar-refractivity contribution in [1.29, 1.82) is 0 Å². The number of halogens is 1. The summed E-state index contributed by atoms with van der Waals surface area (Å²) in [5.74, 6) is 0.359. The zero-order valence-electron chi connectivity index (χ0n) is 12.6. The van der Waals surface area contributed by atoms with Crippen molar-refractivity contribution in [3.05, 3.63) is 29.6 Å². The third-order valence-electron chi connectivity index (χ3n) is 3.53. The molecule has 1 aromatic rings. The van der Waals surface area contributed by atoms with Crippen molar-refractivity contribution >= 4 is 5.69 Å². The van der Waals surface area contributed by atoms with Gasteiger partial charge in [-0.05, 0) is 30.9 Å². The van der Waals surface area contributed by atoms with Crippen LogP contribution in [0.1, 0.15) is 46.1 Å². The zero-order valence-corrected chi connectivity index (χ0v) is 12.6. The maximum Gasteiger partial charge on any atom is 0.129 e. The summed E-state index contributed by atoms with van der Waals surface area (Å²) in [6, 6.07) is 5.89. The molecule has 0 aromatic heterocycles. The Morgan fingerprint density at radius 2 is 1.84 bits per heavy atom. The van der Waals surface area contributed by atoms with Gasteiger partial charge in [-0.25, -0.2) is 4.39 Å². The van der Waals surface area contributed by atoms with Gasteiger partial charge in [0, 0.05) is 30.4 Å². The molecule has 0 bridgehead atoms. The fourth-order valence-corrected chi connectivity index (χ4v) is 2.47. The molecule has 3 heteroatoms. The van der Waals surface area contributed by atoms with E-state index in [2.05, 4.69) is 32.6 Å². The van der Waals surface area contributed by atoms with Crippen LogP contribution in [0.5, 0.6) is 0 Å². The van der Waals surface area contributed by atoms with Crippen LogP contribution in [0, 0.1) is 11.7 Å². The van der Waals surface area contributed by atoms with E-state index in [1.807, 2.05) is 6.07 Å². The van der Waals surface area contributed by atoms with Gasteiger partial charge in [0.15, 0.2) is 0 Å². The van der Waals surface area contributed by atoms with Gasteiger partial charge in [0.05, 0.1) is 0 Å². The average molecular weight is 266 g/mol. The molecule has 1 rings (SSSR count). The molecule has 0 heterocycles. The molecule has 19 heavy (non-hydrogen) atoms. The van der Waals surface area contributed by atoms with Gasteiger partial charge in [0.1, 0.15) is 5.82 Å². The summed E-state index contributed by atoms with van der Waals surface area (Å²) in [6.07, 6.45) is 2.15. The van der Waals surface area contributed by atoms with E-state index in [-0.39, 0.29) is 12.4 Å². The number of nitrogens with zero attached hydrogens (tertiary/aromatic N) is 1. The van der Waals surface area contributed by atoms with Crippen molar-refractivity contribution in [1.82, 2.24) is 0 Å². The van der Waals surface area contributed by atoms with Crippen LogP contribution < -0.4 is 10.6 Å². The fraction of sp³-hybridized carbons (Fsp3) is 0.625. The first-order valence-corrected chi connectivity index (χ1v) is 7.28. The van der Waals surface area contributed by atoms with Crippen molar-refractivity contribution in [2.24, 2.45) is 11.7 Å². The Labute approximate surface area is 116 Å². The van der Waals surface area contributed by atoms with E-state index >= 15 is 0 Å². The smallest absolute Gasteiger partial charge is 0.129 e. The monoisotopic (exact) mass is 266 g/mol. The third-order valence-corrected chi connectivity index (χ3v) is 3.53. The first kappa shape index (κ1) is 16.0. The standard InChI is InChI=1S/C16H27FN2/c1-5-14(6-2)19(11-12(3)4)15-8-7-13(10-18)16(17)9-15/h7-9,12,14H,5-6,10-11,18H2,1-4H3. The summed E-state index contributed by atoms with van der Waals surface area (Å²) in [6.45, 7) is 9.97. The summed E-state index contributed by atoms with van der Waals surface area (Å²) in [4.78, 5) is 2.33. The molecule has 0 saturated heterocycles. The van der Waals surface area contributed by atoms with E-state index in [1.165, 1.54) is 0 Å². The second-order valence-corrected chi connectivity index (χ2v) is 5.50. The molecule has 0 aliphatic rings. The lowest BCUT2D eigenvalue weighted by atomic mass is 10.1. The molecule has 1 aromatic carbocycles. The highest BCUT2D eigenvalue weighted by atomic mass is 19.1. The van der Waals surface area contributed by atoms with Gasteiger partial charge in [-0.15, -0.1) is 0 Å². The lowest BCUT2D eigenvalue weighted by Crippen LogP contribution is -2.37. The molecule has 2 nitrogen and oxygen atoms in total. The molecule has 0 radical (unpaired) electrons. The van der Waals surface area contributed by atoms with Crippen LogP contribution in [0.15, 0.2) is 18.2 Å². The van der Waals surface area contributed by atoms with Gasteiger partial charge in [0.25, 0.3) is 0 Å². The van der Waals surface area contributed by atoms with Crippen molar-refractivity contribution in [3.63, 3.8) is 0 Å². The van der Waals surface area contributed by atoms with E-state index in [0.29, 0.717) is 17.5 Å². The van der Waals surface area contributed by atoms with Crippen LogP contribution in [-0.4, -0.2) is 12.6 Å². The number of benzene rings is 1. The lowest BCUT2D eigenvalue weighted by molar-refractivity contribution is 0.505. The molecule has 2 N–H and O–H groups in total. The Hall–Kier alpha value is -1.09. The molecule has 0 aliphatic carbocycles. The van der Waals surface area contributed by atoms with Crippen molar-refractivity contribution in [3.8, 4) is 0 Å². The van der Waals surface area contributed by atoms with Gasteiger partial charge in [-0.2, -0.15) is 0 Å². The molecule has 108 valence electrons. The molecule has 0 unspecified atom stereocenters. The zero-order chi connectivity index (χ0) is 14.4. The minimum atomic E-state index is -0.195. The highest BCUT2D eigenvalue weighted by molar-refractivity contribution is 5.49. The summed E-state index contributed by atoms with van der Waals surface area (Å²) in [5.41, 5.74) is 7.07. The lowest BCUT2D eigenvalue weighted by Gasteiger charge is -2.34. The van der Waals surface area contributed by atoms with E-state index < -0.39 is 0 Å². The van der Waals surface area contributed by atoms with Crippen LogP contribution in [0.25, 0.3) is 0 Å². The van der Waals surface area contributed by atoms with Gasteiger partial charge < -0.3 is 10.6 Å². The minimum absolute atomic E-state index is 0.195. The topological polar surface area (TPSA) is 29.3 Å². The molecule has 0 saturated carbocycles. The van der Waals surface area contributed by atoms with Crippen LogP contribution in [-0.2, 0) is 6.54 Å². The van der Waals surface area contributed by atoms with E-state index in [1.54, 1.807) is 12.1 Å². The van der Waals surface area contributed by atoms with Crippen molar-refractivity contribution in [2.75, 3.05) is 11.4 Å². The van der Waals surface area contributed by atoms with E-state index in [0.717, 1.165) is 25.1 Å². The van der Waals surface area contributed by atoms with E-state index in [4.69, 9.17) is 5.73 Å². The summed E-state index contributed by atoms with van der Waals surface area (Å²) >= 11 is 0. The Morgan fingerprint density at radius 1 is 1.21 bits per heavy atom. The van der Waals surface area contributed by atoms with Crippen molar-refractivity contribution < 1.29 is 4.39 Å². The van der Waals surface area contributed by atoms with Crippen LogP contribution in [0.4, 0.5) is 10.1 Å². The minimum Gasteiger partial charge on any atom is -0.368 e. The normalized spacial score (nSPS) is 11.4. The van der Waals surface area contributed by atoms with Crippen LogP contribution >= 0.6 is 0 Å². The predicted molar refractivity (Wildman–Crippen MR) is 80.8 cm³/mol. The quantitative estimate of drug-likeness (QED) is 0.810. The summed E-state index contributed by atoms with van der Waals surface area (Å²) in [7, 11) is 0. The number of hydrogen-bond donors (Lipinski definition) is 1. The number of rotatable bonds is 7. The van der Waals surface area contributed by atoms with Gasteiger partial charge in [-0.1, -0.05) is 33.8 Å². The molecule has 0 fully saturated rings. The number of hydrogen-bond acceptors (Lipinski definition) is 2. The first-order valence-electron chi connectivity index (χ1n) is 7.28. The van der Waals surface area contributed by atoms with Crippen LogP contribution in [0.2, 0.25) is 0 Å². The molecule has 0 atom stereocenters. The predicted octanol–water partition coefficient (Wildman–Crippen LogP) is 3.94. The fourth-order valence-electron chi connectivity index (χ4n) is 2.47. The third kappa shape index (κ3) is 4.20. The number of anilines is 1. The highest BCUT2D eigenvalue weighted by Crippen LogP contribution is 2.24.